The van der Waals surface area contributed by atoms with Gasteiger partial charge in [0.15, 0.2) is 0 Å². The summed E-state index contributed by atoms with van der Waals surface area (Å²) in [7, 11) is 0. The molecule has 0 aliphatic carbocycles. The van der Waals surface area contributed by atoms with Gasteiger partial charge in [0.25, 0.3) is 11.8 Å². The molecule has 4 rings (SSSR count). The van der Waals surface area contributed by atoms with E-state index in [4.69, 9.17) is 0 Å². The summed E-state index contributed by atoms with van der Waals surface area (Å²) in [5, 5.41) is 2.90. The minimum Gasteiger partial charge on any atom is -0.350 e. The number of unbranched alkanes of at least 4 members (excludes halogenated alkanes) is 1. The van der Waals surface area contributed by atoms with E-state index >= 15 is 0 Å². The van der Waals surface area contributed by atoms with E-state index in [1.165, 1.54) is 42.5 Å². The Balaban J connectivity index is 1.73. The number of benzene rings is 3. The largest absolute Gasteiger partial charge is 0.350 e. The number of nitrogens with one attached hydrogen (secondary N) is 1. The summed E-state index contributed by atoms with van der Waals surface area (Å²) in [4.78, 5) is 27.8. The predicted molar refractivity (Wildman–Crippen MR) is 121 cm³/mol. The summed E-state index contributed by atoms with van der Waals surface area (Å²) in [6.07, 6.45) is 3.05. The maximum Gasteiger partial charge on any atom is 0.282 e. The maximum absolute atomic E-state index is 13.7. The predicted octanol–water partition coefficient (Wildman–Crippen LogP) is 5.70. The van der Waals surface area contributed by atoms with Crippen molar-refractivity contribution >= 4 is 28.8 Å². The van der Waals surface area contributed by atoms with Gasteiger partial charge in [0.2, 0.25) is 0 Å². The van der Waals surface area contributed by atoms with Crippen molar-refractivity contribution in [1.82, 2.24) is 0 Å². The van der Waals surface area contributed by atoms with Gasteiger partial charge in [-0.05, 0) is 66.4 Å². The molecule has 0 unspecified atom stereocenters. The van der Waals surface area contributed by atoms with E-state index in [-0.39, 0.29) is 11.3 Å². The first-order valence-corrected chi connectivity index (χ1v) is 10.5. The van der Waals surface area contributed by atoms with Gasteiger partial charge in [-0.25, -0.2) is 13.7 Å². The lowest BCUT2D eigenvalue weighted by Crippen LogP contribution is -2.32. The molecule has 0 aromatic heterocycles. The van der Waals surface area contributed by atoms with E-state index in [1.54, 1.807) is 18.2 Å². The quantitative estimate of drug-likeness (QED) is 0.487. The number of halogens is 2. The minimum absolute atomic E-state index is 0.0160. The second-order valence-corrected chi connectivity index (χ2v) is 7.61. The molecule has 6 heteroatoms. The topological polar surface area (TPSA) is 49.4 Å². The van der Waals surface area contributed by atoms with E-state index in [1.807, 2.05) is 12.1 Å². The Hall–Kier alpha value is -3.80. The molecule has 1 N–H and O–H groups in total. The van der Waals surface area contributed by atoms with Crippen LogP contribution in [0.25, 0.3) is 5.57 Å². The Morgan fingerprint density at radius 2 is 1.56 bits per heavy atom. The molecular formula is C26H22F2N2O2. The van der Waals surface area contributed by atoms with Crippen molar-refractivity contribution in [2.45, 2.75) is 26.2 Å². The zero-order valence-electron chi connectivity index (χ0n) is 17.6. The molecule has 162 valence electrons. The van der Waals surface area contributed by atoms with E-state index in [9.17, 15) is 18.4 Å². The third-order valence-corrected chi connectivity index (χ3v) is 5.32. The monoisotopic (exact) mass is 432 g/mol. The van der Waals surface area contributed by atoms with E-state index < -0.39 is 23.4 Å². The zero-order valence-corrected chi connectivity index (χ0v) is 17.6. The van der Waals surface area contributed by atoms with Gasteiger partial charge in [0, 0.05) is 5.69 Å². The minimum atomic E-state index is -0.556. The Kier molecular flexibility index (Phi) is 6.12. The molecule has 3 aromatic rings. The molecular weight excluding hydrogens is 410 g/mol. The highest BCUT2D eigenvalue weighted by Crippen LogP contribution is 2.34. The van der Waals surface area contributed by atoms with Crippen molar-refractivity contribution < 1.29 is 18.4 Å². The number of imide groups is 1. The number of hydrogen-bond acceptors (Lipinski definition) is 3. The molecule has 0 fully saturated rings. The van der Waals surface area contributed by atoms with Crippen LogP contribution in [-0.4, -0.2) is 11.8 Å². The standard InChI is InChI=1S/C26H22F2N2O2/c1-2-3-5-17-8-14-22(15-9-17)30-25(31)23(18-10-12-19(27)13-11-18)24(26(30)32)29-21-7-4-6-20(28)16-21/h4,6-16,29H,2-3,5H2,1H3. The van der Waals surface area contributed by atoms with Crippen LogP contribution < -0.4 is 10.2 Å². The van der Waals surface area contributed by atoms with Crippen LogP contribution in [0, 0.1) is 11.6 Å². The first kappa shape index (κ1) is 21.4. The molecule has 1 aliphatic heterocycles. The van der Waals surface area contributed by atoms with Crippen molar-refractivity contribution in [2.24, 2.45) is 0 Å². The molecule has 2 amide bonds. The van der Waals surface area contributed by atoms with Crippen LogP contribution >= 0.6 is 0 Å². The highest BCUT2D eigenvalue weighted by molar-refractivity contribution is 6.46. The summed E-state index contributed by atoms with van der Waals surface area (Å²) < 4.78 is 27.2. The van der Waals surface area contributed by atoms with E-state index in [0.29, 0.717) is 16.9 Å². The summed E-state index contributed by atoms with van der Waals surface area (Å²) in [5.74, 6) is -2.01. The fourth-order valence-electron chi connectivity index (χ4n) is 3.67. The lowest BCUT2D eigenvalue weighted by molar-refractivity contribution is -0.120. The number of hydrogen-bond donors (Lipinski definition) is 1. The molecule has 4 nitrogen and oxygen atoms in total. The van der Waals surface area contributed by atoms with Gasteiger partial charge < -0.3 is 5.32 Å². The zero-order chi connectivity index (χ0) is 22.7. The second kappa shape index (κ2) is 9.14. The Labute approximate surface area is 185 Å². The fourth-order valence-corrected chi connectivity index (χ4v) is 3.67. The second-order valence-electron chi connectivity index (χ2n) is 7.61. The Morgan fingerprint density at radius 3 is 2.22 bits per heavy atom. The van der Waals surface area contributed by atoms with Crippen LogP contribution in [0.5, 0.6) is 0 Å². The summed E-state index contributed by atoms with van der Waals surface area (Å²) in [6, 6.07) is 18.3. The molecule has 0 atom stereocenters. The molecule has 0 radical (unpaired) electrons. The van der Waals surface area contributed by atoms with Gasteiger partial charge in [-0.3, -0.25) is 9.59 Å². The average Bonchev–Trinajstić information content (AvgIpc) is 3.03. The summed E-state index contributed by atoms with van der Waals surface area (Å²) >= 11 is 0. The third kappa shape index (κ3) is 4.30. The van der Waals surface area contributed by atoms with Gasteiger partial charge >= 0.3 is 0 Å². The first-order chi connectivity index (χ1) is 15.5. The van der Waals surface area contributed by atoms with E-state index in [0.717, 1.165) is 29.7 Å². The SMILES string of the molecule is CCCCc1ccc(N2C(=O)C(Nc3cccc(F)c3)=C(c3ccc(F)cc3)C2=O)cc1. The van der Waals surface area contributed by atoms with Crippen molar-refractivity contribution in [3.63, 3.8) is 0 Å². The molecule has 0 bridgehead atoms. The average molecular weight is 432 g/mol. The number of carbonyl (C=O) groups is 2. The van der Waals surface area contributed by atoms with Gasteiger partial charge in [-0.1, -0.05) is 43.7 Å². The summed E-state index contributed by atoms with van der Waals surface area (Å²) in [6.45, 7) is 2.12. The first-order valence-electron chi connectivity index (χ1n) is 10.5. The maximum atomic E-state index is 13.7. The van der Waals surface area contributed by atoms with Crippen LogP contribution in [0.3, 0.4) is 0 Å². The normalized spacial score (nSPS) is 13.8. The van der Waals surface area contributed by atoms with Gasteiger partial charge in [0.1, 0.15) is 17.3 Å². The lowest BCUT2D eigenvalue weighted by Gasteiger charge is -2.16. The van der Waals surface area contributed by atoms with Gasteiger partial charge in [-0.15, -0.1) is 0 Å². The number of rotatable bonds is 7. The highest BCUT2D eigenvalue weighted by atomic mass is 19.1. The Bertz CT molecular complexity index is 1190. The van der Waals surface area contributed by atoms with Crippen molar-refractivity contribution in [3.8, 4) is 0 Å². The fraction of sp³-hybridized carbons (Fsp3) is 0.154. The van der Waals surface area contributed by atoms with Crippen molar-refractivity contribution in [2.75, 3.05) is 10.2 Å². The number of carbonyl (C=O) groups excluding carboxylic acids is 2. The number of amides is 2. The highest BCUT2D eigenvalue weighted by Gasteiger charge is 2.40. The molecule has 0 spiro atoms. The van der Waals surface area contributed by atoms with Crippen molar-refractivity contribution in [1.29, 1.82) is 0 Å². The molecule has 0 saturated heterocycles. The molecule has 32 heavy (non-hydrogen) atoms. The van der Waals surface area contributed by atoms with Crippen LogP contribution in [0.4, 0.5) is 20.2 Å². The van der Waals surface area contributed by atoms with Gasteiger partial charge in [-0.2, -0.15) is 0 Å². The third-order valence-electron chi connectivity index (χ3n) is 5.32. The number of anilines is 2. The lowest BCUT2D eigenvalue weighted by atomic mass is 10.0. The Morgan fingerprint density at radius 1 is 0.844 bits per heavy atom. The molecule has 0 saturated carbocycles. The van der Waals surface area contributed by atoms with Gasteiger partial charge in [0.05, 0.1) is 11.3 Å². The molecule has 1 aliphatic rings. The van der Waals surface area contributed by atoms with Crippen LogP contribution in [0.15, 0.2) is 78.5 Å². The summed E-state index contributed by atoms with van der Waals surface area (Å²) in [5.41, 5.74) is 2.41. The molecule has 3 aromatic carbocycles. The number of aryl methyl sites for hydroxylation is 1. The smallest absolute Gasteiger partial charge is 0.282 e. The van der Waals surface area contributed by atoms with E-state index in [2.05, 4.69) is 12.2 Å². The number of nitrogens with zero attached hydrogens (tertiary/aromatic N) is 1. The van der Waals surface area contributed by atoms with Crippen LogP contribution in [0.2, 0.25) is 0 Å². The molecule has 1 heterocycles. The van der Waals surface area contributed by atoms with Crippen molar-refractivity contribution in [3.05, 3.63) is 101 Å². The van der Waals surface area contributed by atoms with Crippen LogP contribution in [-0.2, 0) is 16.0 Å². The van der Waals surface area contributed by atoms with Crippen LogP contribution in [0.1, 0.15) is 30.9 Å².